The molecule has 0 fully saturated rings. The zero-order valence-electron chi connectivity index (χ0n) is 15.1. The Labute approximate surface area is 163 Å². The molecule has 2 aliphatic rings. The van der Waals surface area contributed by atoms with Gasteiger partial charge in [0.05, 0.1) is 24.2 Å². The van der Waals surface area contributed by atoms with Gasteiger partial charge in [-0.05, 0) is 6.07 Å². The Kier molecular flexibility index (Phi) is 4.11. The van der Waals surface area contributed by atoms with Crippen molar-refractivity contribution in [1.29, 1.82) is 0 Å². The number of hydrogen-bond donors (Lipinski definition) is 2. The molecule has 3 heterocycles. The molecule has 0 saturated heterocycles. The number of nitrogens with two attached hydrogens (primary N) is 1. The Morgan fingerprint density at radius 3 is 2.72 bits per heavy atom. The van der Waals surface area contributed by atoms with Crippen LogP contribution in [0.2, 0.25) is 0 Å². The molecule has 1 unspecified atom stereocenters. The topological polar surface area (TPSA) is 95.9 Å². The van der Waals surface area contributed by atoms with Crippen molar-refractivity contribution in [2.45, 2.75) is 19.2 Å². The summed E-state index contributed by atoms with van der Waals surface area (Å²) in [5, 5.41) is 2.92. The Balaban J connectivity index is 1.69. The lowest BCUT2D eigenvalue weighted by Gasteiger charge is -2.25. The maximum atomic E-state index is 12.9. The van der Waals surface area contributed by atoms with Gasteiger partial charge in [-0.2, -0.15) is 8.78 Å². The van der Waals surface area contributed by atoms with Crippen molar-refractivity contribution in [2.24, 2.45) is 10.7 Å². The number of hydrogen-bond acceptors (Lipinski definition) is 7. The lowest BCUT2D eigenvalue weighted by Crippen LogP contribution is -2.31. The maximum absolute atomic E-state index is 12.9. The lowest BCUT2D eigenvalue weighted by atomic mass is 10.1. The summed E-state index contributed by atoms with van der Waals surface area (Å²) in [5.41, 5.74) is 7.71. The quantitative estimate of drug-likeness (QED) is 0.700. The normalized spacial score (nSPS) is 18.0. The molecule has 1 aromatic heterocycles. The number of aliphatic imine (C=N–C) groups is 1. The Morgan fingerprint density at radius 1 is 1.17 bits per heavy atom. The summed E-state index contributed by atoms with van der Waals surface area (Å²) >= 11 is 0. The number of aromatic nitrogens is 2. The van der Waals surface area contributed by atoms with Crippen LogP contribution in [0.4, 0.5) is 14.7 Å². The van der Waals surface area contributed by atoms with Crippen LogP contribution in [-0.2, 0) is 0 Å². The second-order valence-corrected chi connectivity index (χ2v) is 6.57. The van der Waals surface area contributed by atoms with E-state index < -0.39 is 12.8 Å². The van der Waals surface area contributed by atoms with Crippen molar-refractivity contribution in [3.8, 4) is 17.2 Å². The number of alkyl halides is 2. The van der Waals surface area contributed by atoms with E-state index in [2.05, 4.69) is 15.3 Å². The number of guanidine groups is 1. The van der Waals surface area contributed by atoms with Gasteiger partial charge in [0.25, 0.3) is 0 Å². The fourth-order valence-corrected chi connectivity index (χ4v) is 3.53. The predicted molar refractivity (Wildman–Crippen MR) is 102 cm³/mol. The van der Waals surface area contributed by atoms with Crippen molar-refractivity contribution in [2.75, 3.05) is 18.5 Å². The summed E-state index contributed by atoms with van der Waals surface area (Å²) in [4.78, 5) is 9.00. The summed E-state index contributed by atoms with van der Waals surface area (Å²) in [7, 11) is 0. The lowest BCUT2D eigenvalue weighted by molar-refractivity contribution is -0.0506. The Hall–Kier alpha value is -3.56. The number of rotatable bonds is 3. The van der Waals surface area contributed by atoms with Crippen LogP contribution < -0.4 is 25.3 Å². The van der Waals surface area contributed by atoms with Crippen molar-refractivity contribution in [3.63, 3.8) is 0 Å². The first-order valence-electron chi connectivity index (χ1n) is 9.06. The first-order chi connectivity index (χ1) is 14.1. The summed E-state index contributed by atoms with van der Waals surface area (Å²) in [5.74, 6) is 1.78. The minimum absolute atomic E-state index is 0.0214. The van der Waals surface area contributed by atoms with Crippen LogP contribution >= 0.6 is 0 Å². The van der Waals surface area contributed by atoms with Gasteiger partial charge < -0.3 is 19.9 Å². The monoisotopic (exact) mass is 401 g/mol. The largest absolute Gasteiger partial charge is 0.489 e. The number of imidazole rings is 1. The summed E-state index contributed by atoms with van der Waals surface area (Å²) in [6.07, 6.45) is 0.0388. The van der Waals surface area contributed by atoms with Crippen molar-refractivity contribution in [3.05, 3.63) is 42.0 Å². The zero-order chi connectivity index (χ0) is 20.0. The zero-order valence-corrected chi connectivity index (χ0v) is 15.1. The molecule has 2 aromatic carbocycles. The maximum Gasteiger partial charge on any atom is 0.387 e. The number of nitrogens with zero attached hydrogens (tertiary/aromatic N) is 3. The van der Waals surface area contributed by atoms with Crippen LogP contribution in [0, 0.1) is 0 Å². The predicted octanol–water partition coefficient (Wildman–Crippen LogP) is 3.09. The molecule has 10 heteroatoms. The van der Waals surface area contributed by atoms with E-state index in [0.717, 1.165) is 6.42 Å². The van der Waals surface area contributed by atoms with Gasteiger partial charge in [-0.3, -0.25) is 9.88 Å². The highest BCUT2D eigenvalue weighted by Gasteiger charge is 2.29. The summed E-state index contributed by atoms with van der Waals surface area (Å²) in [6, 6.07) is 10.1. The minimum atomic E-state index is -2.96. The van der Waals surface area contributed by atoms with Gasteiger partial charge >= 0.3 is 6.61 Å². The standard InChI is InChI=1S/C19H17F2N5O3/c20-17(21)29-13-5-2-1-4-10(13)16-24-18(22)25-19-23-11-8-14-15(9-12(11)26(16)19)28-7-3-6-27-14/h1-2,4-5,8-9,16-17H,3,6-7H2,(H3,22,23,24,25). The van der Waals surface area contributed by atoms with E-state index >= 15 is 0 Å². The average molecular weight is 401 g/mol. The molecular formula is C19H17F2N5O3. The third-order valence-electron chi connectivity index (χ3n) is 4.72. The fraction of sp³-hybridized carbons (Fsp3) is 0.263. The molecule has 3 aromatic rings. The van der Waals surface area contributed by atoms with Crippen LogP contribution in [-0.4, -0.2) is 35.3 Å². The van der Waals surface area contributed by atoms with Crippen molar-refractivity contribution in [1.82, 2.24) is 9.55 Å². The molecular weight excluding hydrogens is 384 g/mol. The van der Waals surface area contributed by atoms with Crippen LogP contribution in [0.1, 0.15) is 18.2 Å². The second-order valence-electron chi connectivity index (χ2n) is 6.57. The van der Waals surface area contributed by atoms with Gasteiger partial charge in [0.15, 0.2) is 23.6 Å². The SMILES string of the molecule is NC1=NC(c2ccccc2OC(F)F)n2c(nc3cc4c(cc32)OCCCO4)N1. The minimum Gasteiger partial charge on any atom is -0.489 e. The van der Waals surface area contributed by atoms with Gasteiger partial charge in [-0.15, -0.1) is 0 Å². The van der Waals surface area contributed by atoms with Crippen LogP contribution in [0.25, 0.3) is 11.0 Å². The number of anilines is 1. The Bertz CT molecular complexity index is 1110. The number of halogens is 2. The number of benzene rings is 2. The molecule has 3 N–H and O–H groups in total. The molecule has 0 saturated carbocycles. The molecule has 150 valence electrons. The van der Waals surface area contributed by atoms with E-state index in [9.17, 15) is 8.78 Å². The first-order valence-corrected chi connectivity index (χ1v) is 9.06. The second kappa shape index (κ2) is 6.80. The smallest absolute Gasteiger partial charge is 0.387 e. The van der Waals surface area contributed by atoms with E-state index in [0.29, 0.717) is 47.3 Å². The van der Waals surface area contributed by atoms with E-state index in [1.54, 1.807) is 28.8 Å². The van der Waals surface area contributed by atoms with Gasteiger partial charge in [0.1, 0.15) is 5.75 Å². The van der Waals surface area contributed by atoms with Crippen LogP contribution in [0.15, 0.2) is 41.4 Å². The van der Waals surface area contributed by atoms with Gasteiger partial charge in [-0.1, -0.05) is 18.2 Å². The number of fused-ring (bicyclic) bond motifs is 4. The van der Waals surface area contributed by atoms with Crippen LogP contribution in [0.3, 0.4) is 0 Å². The molecule has 2 aliphatic heterocycles. The molecule has 8 nitrogen and oxygen atoms in total. The first kappa shape index (κ1) is 17.5. The number of para-hydroxylation sites is 1. The van der Waals surface area contributed by atoms with Crippen molar-refractivity contribution >= 4 is 22.9 Å². The highest BCUT2D eigenvalue weighted by Crippen LogP contribution is 2.40. The fourth-order valence-electron chi connectivity index (χ4n) is 3.53. The molecule has 29 heavy (non-hydrogen) atoms. The average Bonchev–Trinajstić information content (AvgIpc) is 2.87. The highest BCUT2D eigenvalue weighted by molar-refractivity contribution is 5.95. The molecule has 0 bridgehead atoms. The molecule has 0 radical (unpaired) electrons. The molecule has 0 aliphatic carbocycles. The van der Waals surface area contributed by atoms with Crippen LogP contribution in [0.5, 0.6) is 17.2 Å². The third kappa shape index (κ3) is 3.06. The van der Waals surface area contributed by atoms with Gasteiger partial charge in [0, 0.05) is 24.1 Å². The van der Waals surface area contributed by atoms with E-state index in [-0.39, 0.29) is 11.7 Å². The van der Waals surface area contributed by atoms with Crippen molar-refractivity contribution < 1.29 is 23.0 Å². The number of ether oxygens (including phenoxy) is 3. The van der Waals surface area contributed by atoms with E-state index in [1.807, 2.05) is 6.07 Å². The number of nitrogens with one attached hydrogen (secondary N) is 1. The van der Waals surface area contributed by atoms with E-state index in [4.69, 9.17) is 19.9 Å². The van der Waals surface area contributed by atoms with E-state index in [1.165, 1.54) is 6.07 Å². The summed E-state index contributed by atoms with van der Waals surface area (Å²) < 4.78 is 43.8. The molecule has 5 rings (SSSR count). The molecule has 0 spiro atoms. The molecule has 0 amide bonds. The highest BCUT2D eigenvalue weighted by atomic mass is 19.3. The van der Waals surface area contributed by atoms with Gasteiger partial charge in [-0.25, -0.2) is 9.98 Å². The summed E-state index contributed by atoms with van der Waals surface area (Å²) in [6.45, 7) is -1.86. The molecule has 1 atom stereocenters. The van der Waals surface area contributed by atoms with Gasteiger partial charge in [0.2, 0.25) is 5.95 Å². The Morgan fingerprint density at radius 2 is 1.93 bits per heavy atom. The third-order valence-corrected chi connectivity index (χ3v) is 4.72.